The lowest BCUT2D eigenvalue weighted by Crippen LogP contribution is -2.55. The number of piperazine rings is 1. The van der Waals surface area contributed by atoms with Crippen molar-refractivity contribution in [2.24, 2.45) is 0 Å². The number of aryl methyl sites for hydroxylation is 1. The van der Waals surface area contributed by atoms with E-state index in [1.54, 1.807) is 4.90 Å². The monoisotopic (exact) mass is 545 g/mol. The SMILES string of the molecule is Cc1cccc(N2CCN(C(=O)[C@@H](Cc3ccccc3)NS(=O)(=O)c3cc(Cl)ccc3Cl)CC2)c1C. The summed E-state index contributed by atoms with van der Waals surface area (Å²) in [6.07, 6.45) is 0.217. The van der Waals surface area contributed by atoms with Crippen LogP contribution >= 0.6 is 23.2 Å². The predicted octanol–water partition coefficient (Wildman–Crippen LogP) is 4.85. The van der Waals surface area contributed by atoms with Crippen molar-refractivity contribution in [2.75, 3.05) is 31.1 Å². The van der Waals surface area contributed by atoms with Gasteiger partial charge in [-0.05, 0) is 61.2 Å². The Labute approximate surface area is 222 Å². The summed E-state index contributed by atoms with van der Waals surface area (Å²) in [7, 11) is -4.10. The average Bonchev–Trinajstić information content (AvgIpc) is 2.87. The molecule has 1 amide bonds. The third kappa shape index (κ3) is 6.03. The van der Waals surface area contributed by atoms with Crippen LogP contribution in [-0.4, -0.2) is 51.4 Å². The first kappa shape index (κ1) is 26.5. The quantitative estimate of drug-likeness (QED) is 0.460. The van der Waals surface area contributed by atoms with Crippen LogP contribution in [0.4, 0.5) is 5.69 Å². The van der Waals surface area contributed by atoms with E-state index in [2.05, 4.69) is 35.6 Å². The third-order valence-corrected chi connectivity index (χ3v) is 8.76. The van der Waals surface area contributed by atoms with Crippen LogP contribution in [0.2, 0.25) is 10.0 Å². The Bertz CT molecular complexity index is 1340. The fourth-order valence-electron chi connectivity index (χ4n) is 4.43. The largest absolute Gasteiger partial charge is 0.368 e. The number of benzene rings is 3. The summed E-state index contributed by atoms with van der Waals surface area (Å²) in [6.45, 7) is 6.52. The summed E-state index contributed by atoms with van der Waals surface area (Å²) in [5.41, 5.74) is 4.47. The Hall–Kier alpha value is -2.58. The molecule has 0 bridgehead atoms. The predicted molar refractivity (Wildman–Crippen MR) is 145 cm³/mol. The second kappa shape index (κ2) is 11.2. The van der Waals surface area contributed by atoms with E-state index >= 15 is 0 Å². The molecular formula is C27H29Cl2N3O3S. The van der Waals surface area contributed by atoms with E-state index in [4.69, 9.17) is 23.2 Å². The van der Waals surface area contributed by atoms with E-state index < -0.39 is 16.1 Å². The van der Waals surface area contributed by atoms with Gasteiger partial charge in [-0.2, -0.15) is 4.72 Å². The molecule has 1 N–H and O–H groups in total. The minimum atomic E-state index is -4.10. The van der Waals surface area contributed by atoms with E-state index in [-0.39, 0.29) is 27.3 Å². The summed E-state index contributed by atoms with van der Waals surface area (Å²) in [5.74, 6) is -0.263. The molecule has 3 aromatic rings. The van der Waals surface area contributed by atoms with Gasteiger partial charge in [0.05, 0.1) is 5.02 Å². The lowest BCUT2D eigenvalue weighted by molar-refractivity contribution is -0.133. The van der Waals surface area contributed by atoms with E-state index in [0.29, 0.717) is 26.2 Å². The lowest BCUT2D eigenvalue weighted by Gasteiger charge is -2.38. The lowest BCUT2D eigenvalue weighted by atomic mass is 10.0. The molecule has 0 saturated carbocycles. The topological polar surface area (TPSA) is 69.7 Å². The summed E-state index contributed by atoms with van der Waals surface area (Å²) < 4.78 is 29.1. The molecule has 0 spiro atoms. The number of halogens is 2. The zero-order valence-corrected chi connectivity index (χ0v) is 22.6. The molecule has 1 saturated heterocycles. The van der Waals surface area contributed by atoms with Crippen LogP contribution < -0.4 is 9.62 Å². The van der Waals surface area contributed by atoms with Crippen molar-refractivity contribution in [3.63, 3.8) is 0 Å². The van der Waals surface area contributed by atoms with Crippen molar-refractivity contribution in [1.29, 1.82) is 0 Å². The van der Waals surface area contributed by atoms with Crippen LogP contribution in [0.3, 0.4) is 0 Å². The first-order valence-corrected chi connectivity index (χ1v) is 14.0. The second-order valence-corrected chi connectivity index (χ2v) is 11.5. The maximum Gasteiger partial charge on any atom is 0.242 e. The van der Waals surface area contributed by atoms with Crippen molar-refractivity contribution in [2.45, 2.75) is 31.2 Å². The van der Waals surface area contributed by atoms with Gasteiger partial charge in [-0.25, -0.2) is 8.42 Å². The molecule has 1 aliphatic heterocycles. The van der Waals surface area contributed by atoms with Gasteiger partial charge < -0.3 is 9.80 Å². The molecule has 0 aliphatic carbocycles. The number of hydrogen-bond donors (Lipinski definition) is 1. The Morgan fingerprint density at radius 1 is 0.944 bits per heavy atom. The molecule has 9 heteroatoms. The number of nitrogens with zero attached hydrogens (tertiary/aromatic N) is 2. The smallest absolute Gasteiger partial charge is 0.242 e. The van der Waals surface area contributed by atoms with Crippen molar-refractivity contribution >= 4 is 44.8 Å². The van der Waals surface area contributed by atoms with Gasteiger partial charge in [0.1, 0.15) is 10.9 Å². The zero-order chi connectivity index (χ0) is 25.9. The van der Waals surface area contributed by atoms with Gasteiger partial charge in [0, 0.05) is 36.9 Å². The van der Waals surface area contributed by atoms with Gasteiger partial charge in [0.15, 0.2) is 0 Å². The van der Waals surface area contributed by atoms with Crippen molar-refractivity contribution in [1.82, 2.24) is 9.62 Å². The molecule has 0 unspecified atom stereocenters. The molecule has 0 radical (unpaired) electrons. The number of anilines is 1. The highest BCUT2D eigenvalue weighted by atomic mass is 35.5. The number of carbonyl (C=O) groups is 1. The number of hydrogen-bond acceptors (Lipinski definition) is 4. The van der Waals surface area contributed by atoms with Crippen LogP contribution in [0, 0.1) is 13.8 Å². The van der Waals surface area contributed by atoms with E-state index in [1.807, 2.05) is 36.4 Å². The van der Waals surface area contributed by atoms with Crippen LogP contribution in [-0.2, 0) is 21.2 Å². The highest BCUT2D eigenvalue weighted by molar-refractivity contribution is 7.89. The maximum atomic E-state index is 13.6. The minimum absolute atomic E-state index is 0.0416. The summed E-state index contributed by atoms with van der Waals surface area (Å²) in [5, 5.41) is 0.285. The molecule has 4 rings (SSSR count). The first-order chi connectivity index (χ1) is 17.2. The molecule has 36 heavy (non-hydrogen) atoms. The number of sulfonamides is 1. The van der Waals surface area contributed by atoms with Gasteiger partial charge in [-0.3, -0.25) is 4.79 Å². The van der Waals surface area contributed by atoms with Crippen LogP contribution in [0.25, 0.3) is 0 Å². The van der Waals surface area contributed by atoms with Crippen LogP contribution in [0.1, 0.15) is 16.7 Å². The van der Waals surface area contributed by atoms with Crippen LogP contribution in [0.15, 0.2) is 71.6 Å². The maximum absolute atomic E-state index is 13.6. The molecule has 1 atom stereocenters. The summed E-state index contributed by atoms with van der Waals surface area (Å²) in [6, 6.07) is 18.8. The molecule has 3 aromatic carbocycles. The zero-order valence-electron chi connectivity index (χ0n) is 20.2. The molecule has 0 aromatic heterocycles. The molecule has 1 heterocycles. The Morgan fingerprint density at radius 3 is 2.33 bits per heavy atom. The van der Waals surface area contributed by atoms with Gasteiger partial charge in [0.2, 0.25) is 15.9 Å². The molecule has 1 fully saturated rings. The number of rotatable bonds is 7. The average molecular weight is 547 g/mol. The Morgan fingerprint density at radius 2 is 1.64 bits per heavy atom. The normalized spacial score (nSPS) is 15.1. The van der Waals surface area contributed by atoms with E-state index in [0.717, 1.165) is 5.56 Å². The fourth-order valence-corrected chi connectivity index (χ4v) is 6.38. The summed E-state index contributed by atoms with van der Waals surface area (Å²) >= 11 is 12.2. The highest BCUT2D eigenvalue weighted by Gasteiger charge is 2.32. The van der Waals surface area contributed by atoms with Crippen molar-refractivity contribution < 1.29 is 13.2 Å². The standard InChI is InChI=1S/C27H29Cl2N3O3S/c1-19-7-6-10-25(20(19)2)31-13-15-32(16-14-31)27(33)24(17-21-8-4-3-5-9-21)30-36(34,35)26-18-22(28)11-12-23(26)29/h3-12,18,24,30H,13-17H2,1-2H3/t24-/m1/s1. The molecule has 190 valence electrons. The van der Waals surface area contributed by atoms with Gasteiger partial charge in [-0.15, -0.1) is 0 Å². The van der Waals surface area contributed by atoms with Gasteiger partial charge in [0.25, 0.3) is 0 Å². The molecular weight excluding hydrogens is 517 g/mol. The number of nitrogens with one attached hydrogen (secondary N) is 1. The number of amides is 1. The Kier molecular flexibility index (Phi) is 8.25. The van der Waals surface area contributed by atoms with Gasteiger partial charge >= 0.3 is 0 Å². The van der Waals surface area contributed by atoms with Crippen LogP contribution in [0.5, 0.6) is 0 Å². The molecule has 6 nitrogen and oxygen atoms in total. The number of carbonyl (C=O) groups excluding carboxylic acids is 1. The summed E-state index contributed by atoms with van der Waals surface area (Å²) in [4.78, 5) is 17.5. The van der Waals surface area contributed by atoms with Crippen molar-refractivity contribution in [3.05, 3.63) is 93.5 Å². The second-order valence-electron chi connectivity index (χ2n) is 8.97. The Balaban J connectivity index is 1.54. The van der Waals surface area contributed by atoms with E-state index in [1.165, 1.54) is 35.0 Å². The third-order valence-electron chi connectivity index (χ3n) is 6.57. The minimum Gasteiger partial charge on any atom is -0.368 e. The van der Waals surface area contributed by atoms with E-state index in [9.17, 15) is 13.2 Å². The molecule has 1 aliphatic rings. The fraction of sp³-hybridized carbons (Fsp3) is 0.296. The highest BCUT2D eigenvalue weighted by Crippen LogP contribution is 2.26. The van der Waals surface area contributed by atoms with Crippen molar-refractivity contribution in [3.8, 4) is 0 Å². The first-order valence-electron chi connectivity index (χ1n) is 11.8. The van der Waals surface area contributed by atoms with Gasteiger partial charge in [-0.1, -0.05) is 65.7 Å².